The molecule has 128 valence electrons. The molecule has 0 amide bonds. The molecule has 0 saturated carbocycles. The number of thioether (sulfide) groups is 1. The van der Waals surface area contributed by atoms with Crippen LogP contribution in [0.5, 0.6) is 5.75 Å². The molecule has 3 aromatic rings. The average molecular weight is 351 g/mol. The number of hydrogen-bond acceptors (Lipinski definition) is 4. The number of fused-ring (bicyclic) bond motifs is 1. The second-order valence-corrected chi connectivity index (χ2v) is 7.46. The number of benzene rings is 2. The highest BCUT2D eigenvalue weighted by molar-refractivity contribution is 7.99. The highest BCUT2D eigenvalue weighted by atomic mass is 32.2. The molecule has 1 aliphatic rings. The third kappa shape index (κ3) is 3.16. The van der Waals surface area contributed by atoms with Crippen molar-refractivity contribution < 1.29 is 4.74 Å². The first-order chi connectivity index (χ1) is 12.3. The van der Waals surface area contributed by atoms with E-state index in [4.69, 9.17) is 4.74 Å². The molecule has 5 heteroatoms. The zero-order chi connectivity index (χ0) is 17.2. The first kappa shape index (κ1) is 16.2. The highest BCUT2D eigenvalue weighted by Crippen LogP contribution is 2.43. The van der Waals surface area contributed by atoms with E-state index < -0.39 is 0 Å². The Morgan fingerprint density at radius 3 is 2.88 bits per heavy atom. The molecule has 1 aliphatic carbocycles. The van der Waals surface area contributed by atoms with Crippen LogP contribution in [-0.4, -0.2) is 21.9 Å². The van der Waals surface area contributed by atoms with Crippen molar-refractivity contribution in [3.05, 3.63) is 59.7 Å². The second-order valence-electron chi connectivity index (χ2n) is 6.29. The van der Waals surface area contributed by atoms with Gasteiger partial charge in [-0.25, -0.2) is 0 Å². The van der Waals surface area contributed by atoms with E-state index in [1.807, 2.05) is 43.1 Å². The Balaban J connectivity index is 1.62. The van der Waals surface area contributed by atoms with Gasteiger partial charge in [0.15, 0.2) is 11.0 Å². The van der Waals surface area contributed by atoms with Gasteiger partial charge in [0.2, 0.25) is 0 Å². The lowest BCUT2D eigenvalue weighted by Crippen LogP contribution is -2.07. The van der Waals surface area contributed by atoms with E-state index in [0.717, 1.165) is 22.3 Å². The van der Waals surface area contributed by atoms with E-state index in [9.17, 15) is 0 Å². The van der Waals surface area contributed by atoms with Crippen molar-refractivity contribution in [1.29, 1.82) is 0 Å². The number of nitrogens with zero attached hydrogens (tertiary/aromatic N) is 3. The fourth-order valence-corrected chi connectivity index (χ4v) is 4.62. The van der Waals surface area contributed by atoms with Crippen LogP contribution in [0.1, 0.15) is 29.2 Å². The molecular formula is C20H21N3OS. The van der Waals surface area contributed by atoms with Gasteiger partial charge in [-0.1, -0.05) is 48.2 Å². The maximum Gasteiger partial charge on any atom is 0.191 e. The third-order valence-corrected chi connectivity index (χ3v) is 6.07. The molecule has 2 aromatic carbocycles. The largest absolute Gasteiger partial charge is 0.497 e. The molecular weight excluding hydrogens is 330 g/mol. The van der Waals surface area contributed by atoms with Crippen LogP contribution in [0, 0.1) is 0 Å². The summed E-state index contributed by atoms with van der Waals surface area (Å²) in [5.41, 5.74) is 3.94. The Hall–Kier alpha value is -2.27. The van der Waals surface area contributed by atoms with E-state index in [1.54, 1.807) is 7.11 Å². The summed E-state index contributed by atoms with van der Waals surface area (Å²) < 4.78 is 7.40. The minimum Gasteiger partial charge on any atom is -0.497 e. The minimum atomic E-state index is 0.450. The van der Waals surface area contributed by atoms with Crippen molar-refractivity contribution in [1.82, 2.24) is 14.8 Å². The van der Waals surface area contributed by atoms with Crippen LogP contribution >= 0.6 is 11.8 Å². The van der Waals surface area contributed by atoms with Crippen LogP contribution in [0.3, 0.4) is 0 Å². The zero-order valence-electron chi connectivity index (χ0n) is 14.5. The van der Waals surface area contributed by atoms with Gasteiger partial charge in [-0.3, -0.25) is 0 Å². The zero-order valence-corrected chi connectivity index (χ0v) is 15.3. The highest BCUT2D eigenvalue weighted by Gasteiger charge is 2.23. The monoisotopic (exact) mass is 351 g/mol. The smallest absolute Gasteiger partial charge is 0.191 e. The molecule has 0 aliphatic heterocycles. The maximum absolute atomic E-state index is 5.32. The molecule has 1 heterocycles. The molecule has 0 fully saturated rings. The number of aryl methyl sites for hydroxylation is 1. The lowest BCUT2D eigenvalue weighted by molar-refractivity contribution is 0.415. The van der Waals surface area contributed by atoms with E-state index in [0.29, 0.717) is 5.25 Å². The van der Waals surface area contributed by atoms with Gasteiger partial charge < -0.3 is 9.30 Å². The first-order valence-corrected chi connectivity index (χ1v) is 9.42. The van der Waals surface area contributed by atoms with Gasteiger partial charge in [-0.2, -0.15) is 0 Å². The quantitative estimate of drug-likeness (QED) is 0.685. The van der Waals surface area contributed by atoms with E-state index in [1.165, 1.54) is 30.4 Å². The summed E-state index contributed by atoms with van der Waals surface area (Å²) >= 11 is 1.82. The summed E-state index contributed by atoms with van der Waals surface area (Å²) in [7, 11) is 3.71. The van der Waals surface area contributed by atoms with Crippen LogP contribution in [0.25, 0.3) is 11.4 Å². The van der Waals surface area contributed by atoms with Gasteiger partial charge in [0.05, 0.1) is 7.11 Å². The number of ether oxygens (including phenoxy) is 1. The van der Waals surface area contributed by atoms with Crippen LogP contribution in [0.4, 0.5) is 0 Å². The second kappa shape index (κ2) is 6.92. The standard InChI is InChI=1S/C20H21N3OS/c1-23-19(15-9-5-10-16(13-15)24-2)21-22-20(23)25-18-12-6-8-14-7-3-4-11-17(14)18/h3-5,7,9-11,13,18H,6,8,12H2,1-2H3/t18-/m1/s1. The van der Waals surface area contributed by atoms with Gasteiger partial charge in [-0.05, 0) is 42.5 Å². The summed E-state index contributed by atoms with van der Waals surface area (Å²) in [5.74, 6) is 1.70. The first-order valence-electron chi connectivity index (χ1n) is 8.54. The molecule has 0 unspecified atom stereocenters. The van der Waals surface area contributed by atoms with Crippen LogP contribution < -0.4 is 4.74 Å². The summed E-state index contributed by atoms with van der Waals surface area (Å²) in [5, 5.41) is 10.3. The maximum atomic E-state index is 5.32. The van der Waals surface area contributed by atoms with Gasteiger partial charge in [0, 0.05) is 17.9 Å². The predicted molar refractivity (Wildman–Crippen MR) is 101 cm³/mol. The van der Waals surface area contributed by atoms with E-state index in [-0.39, 0.29) is 0 Å². The van der Waals surface area contributed by atoms with Crippen molar-refractivity contribution in [3.63, 3.8) is 0 Å². The molecule has 4 nitrogen and oxygen atoms in total. The lowest BCUT2D eigenvalue weighted by atomic mass is 9.91. The van der Waals surface area contributed by atoms with Gasteiger partial charge in [-0.15, -0.1) is 10.2 Å². The van der Waals surface area contributed by atoms with Crippen molar-refractivity contribution in [2.75, 3.05) is 7.11 Å². The Morgan fingerprint density at radius 1 is 1.12 bits per heavy atom. The number of rotatable bonds is 4. The molecule has 1 aromatic heterocycles. The molecule has 0 N–H and O–H groups in total. The number of hydrogen-bond donors (Lipinski definition) is 0. The fourth-order valence-electron chi connectivity index (χ4n) is 3.39. The predicted octanol–water partition coefficient (Wildman–Crippen LogP) is 4.66. The van der Waals surface area contributed by atoms with Crippen molar-refractivity contribution >= 4 is 11.8 Å². The van der Waals surface area contributed by atoms with Crippen LogP contribution in [0.2, 0.25) is 0 Å². The normalized spacial score (nSPS) is 16.5. The topological polar surface area (TPSA) is 39.9 Å². The molecule has 0 radical (unpaired) electrons. The average Bonchev–Trinajstić information content (AvgIpc) is 3.02. The van der Waals surface area contributed by atoms with Crippen molar-refractivity contribution in [2.45, 2.75) is 29.7 Å². The van der Waals surface area contributed by atoms with Gasteiger partial charge in [0.25, 0.3) is 0 Å². The molecule has 0 saturated heterocycles. The van der Waals surface area contributed by atoms with E-state index >= 15 is 0 Å². The molecule has 0 bridgehead atoms. The van der Waals surface area contributed by atoms with Crippen molar-refractivity contribution in [3.8, 4) is 17.1 Å². The van der Waals surface area contributed by atoms with Gasteiger partial charge in [0.1, 0.15) is 5.75 Å². The summed E-state index contributed by atoms with van der Waals surface area (Å²) in [6.45, 7) is 0. The summed E-state index contributed by atoms with van der Waals surface area (Å²) in [4.78, 5) is 0. The third-order valence-electron chi connectivity index (χ3n) is 4.72. The number of aromatic nitrogens is 3. The Labute approximate surface area is 152 Å². The Morgan fingerprint density at radius 2 is 2.00 bits per heavy atom. The summed E-state index contributed by atoms with van der Waals surface area (Å²) in [6.07, 6.45) is 3.60. The lowest BCUT2D eigenvalue weighted by Gasteiger charge is -2.24. The fraction of sp³-hybridized carbons (Fsp3) is 0.300. The molecule has 1 atom stereocenters. The van der Waals surface area contributed by atoms with Crippen LogP contribution in [-0.2, 0) is 13.5 Å². The molecule has 4 rings (SSSR count). The molecule has 25 heavy (non-hydrogen) atoms. The Kier molecular flexibility index (Phi) is 4.49. The minimum absolute atomic E-state index is 0.450. The van der Waals surface area contributed by atoms with Crippen molar-refractivity contribution in [2.24, 2.45) is 7.05 Å². The molecule has 0 spiro atoms. The Bertz CT molecular complexity index is 890. The summed E-state index contributed by atoms with van der Waals surface area (Å²) in [6, 6.07) is 16.7. The SMILES string of the molecule is COc1cccc(-c2nnc(S[C@@H]3CCCc4ccccc43)n2C)c1. The van der Waals surface area contributed by atoms with Gasteiger partial charge >= 0.3 is 0 Å². The number of methoxy groups -OCH3 is 1. The van der Waals surface area contributed by atoms with Crippen LogP contribution in [0.15, 0.2) is 53.7 Å². The van der Waals surface area contributed by atoms with E-state index in [2.05, 4.69) is 39.0 Å².